The van der Waals surface area contributed by atoms with E-state index in [0.29, 0.717) is 6.42 Å². The zero-order valence-corrected chi connectivity index (χ0v) is 14.4. The molecule has 0 bridgehead atoms. The molecule has 0 saturated carbocycles. The van der Waals surface area contributed by atoms with Gasteiger partial charge in [0.15, 0.2) is 0 Å². The molecule has 1 heterocycles. The summed E-state index contributed by atoms with van der Waals surface area (Å²) < 4.78 is 14.1. The van der Waals surface area contributed by atoms with Crippen LogP contribution >= 0.6 is 0 Å². The van der Waals surface area contributed by atoms with Gasteiger partial charge in [-0.15, -0.1) is 0 Å². The summed E-state index contributed by atoms with van der Waals surface area (Å²) in [7, 11) is 0. The van der Waals surface area contributed by atoms with Crippen LogP contribution in [0.5, 0.6) is 0 Å². The van der Waals surface area contributed by atoms with Gasteiger partial charge in [0, 0.05) is 13.0 Å². The number of alkyl halides is 1. The van der Waals surface area contributed by atoms with E-state index in [1.165, 1.54) is 4.90 Å². The molecule has 0 aromatic carbocycles. The highest BCUT2D eigenvalue weighted by Gasteiger charge is 2.46. The van der Waals surface area contributed by atoms with Crippen LogP contribution in [0.3, 0.4) is 0 Å². The Labute approximate surface area is 136 Å². The molecule has 1 unspecified atom stereocenters. The molecule has 1 aliphatic rings. The molecular weight excluding hydrogens is 301 g/mol. The smallest absolute Gasteiger partial charge is 0.405 e. The molecule has 6 nitrogen and oxygen atoms in total. The Morgan fingerprint density at radius 3 is 2.35 bits per heavy atom. The van der Waals surface area contributed by atoms with Crippen LogP contribution in [0.25, 0.3) is 0 Å². The predicted octanol–water partition coefficient (Wildman–Crippen LogP) is 2.55. The largest absolute Gasteiger partial charge is 0.465 e. The number of hydrogen-bond acceptors (Lipinski definition) is 3. The lowest BCUT2D eigenvalue weighted by molar-refractivity contribution is -0.136. The Hall–Kier alpha value is -1.84. The molecule has 1 saturated heterocycles. The Kier molecular flexibility index (Phi) is 5.30. The quantitative estimate of drug-likeness (QED) is 0.830. The van der Waals surface area contributed by atoms with E-state index < -0.39 is 29.1 Å². The monoisotopic (exact) mass is 327 g/mol. The van der Waals surface area contributed by atoms with E-state index in [0.717, 1.165) is 0 Å². The van der Waals surface area contributed by atoms with Gasteiger partial charge in [0.25, 0.3) is 0 Å². The number of nitrogens with zero attached hydrogens (tertiary/aromatic N) is 2. The number of carbonyl (C=O) groups excluding carboxylic acids is 1. The first kappa shape index (κ1) is 19.2. The fourth-order valence-electron chi connectivity index (χ4n) is 3.42. The molecule has 1 aliphatic heterocycles. The molecule has 2 N–H and O–H groups in total. The fraction of sp³-hybridized carbons (Fsp3) is 0.812. The normalized spacial score (nSPS) is 23.3. The number of halogens is 1. The van der Waals surface area contributed by atoms with E-state index in [-0.39, 0.29) is 24.9 Å². The fourth-order valence-corrected chi connectivity index (χ4v) is 3.42. The first-order valence-electron chi connectivity index (χ1n) is 7.68. The van der Waals surface area contributed by atoms with Crippen LogP contribution in [0.4, 0.5) is 9.18 Å². The van der Waals surface area contributed by atoms with Crippen molar-refractivity contribution in [3.05, 3.63) is 0 Å². The third-order valence-corrected chi connectivity index (χ3v) is 4.01. The van der Waals surface area contributed by atoms with Crippen molar-refractivity contribution in [1.82, 2.24) is 10.2 Å². The van der Waals surface area contributed by atoms with E-state index >= 15 is 0 Å². The van der Waals surface area contributed by atoms with Crippen molar-refractivity contribution in [2.24, 2.45) is 10.8 Å². The highest BCUT2D eigenvalue weighted by atomic mass is 19.1. The van der Waals surface area contributed by atoms with E-state index in [1.807, 2.05) is 34.6 Å². The third-order valence-electron chi connectivity index (χ3n) is 4.01. The topological polar surface area (TPSA) is 93.4 Å². The number of hydrogen-bond donors (Lipinski definition) is 2. The van der Waals surface area contributed by atoms with E-state index in [2.05, 4.69) is 5.32 Å². The maximum absolute atomic E-state index is 14.1. The molecular formula is C16H26FN3O3. The average Bonchev–Trinajstić information content (AvgIpc) is 2.75. The summed E-state index contributed by atoms with van der Waals surface area (Å²) in [5.74, 6) is -0.476. The van der Waals surface area contributed by atoms with Crippen LogP contribution in [0, 0.1) is 22.2 Å². The number of amides is 2. The lowest BCUT2D eigenvalue weighted by atomic mass is 9.71. The number of rotatable bonds is 4. The van der Waals surface area contributed by atoms with Crippen molar-refractivity contribution >= 4 is 12.0 Å². The molecule has 2 amide bonds. The summed E-state index contributed by atoms with van der Waals surface area (Å²) in [5.41, 5.74) is -2.80. The number of nitriles is 1. The van der Waals surface area contributed by atoms with Crippen molar-refractivity contribution in [2.75, 3.05) is 13.1 Å². The molecule has 23 heavy (non-hydrogen) atoms. The zero-order chi connectivity index (χ0) is 18.1. The van der Waals surface area contributed by atoms with Crippen molar-refractivity contribution < 1.29 is 19.1 Å². The van der Waals surface area contributed by atoms with Crippen LogP contribution in [0.2, 0.25) is 0 Å². The summed E-state index contributed by atoms with van der Waals surface area (Å²) in [4.78, 5) is 25.1. The predicted molar refractivity (Wildman–Crippen MR) is 83.5 cm³/mol. The molecule has 7 heteroatoms. The molecule has 1 fully saturated rings. The van der Waals surface area contributed by atoms with Gasteiger partial charge in [0.1, 0.15) is 12.1 Å². The van der Waals surface area contributed by atoms with Gasteiger partial charge in [-0.05, 0) is 17.3 Å². The van der Waals surface area contributed by atoms with Crippen LogP contribution < -0.4 is 5.32 Å². The Bertz CT molecular complexity index is 522. The molecule has 130 valence electrons. The first-order valence-corrected chi connectivity index (χ1v) is 7.68. The average molecular weight is 327 g/mol. The zero-order valence-electron chi connectivity index (χ0n) is 14.4. The molecule has 1 rings (SSSR count). The van der Waals surface area contributed by atoms with Crippen molar-refractivity contribution in [2.45, 2.75) is 59.2 Å². The van der Waals surface area contributed by atoms with Crippen LogP contribution in [-0.4, -0.2) is 46.8 Å². The second-order valence-corrected chi connectivity index (χ2v) is 8.20. The lowest BCUT2D eigenvalue weighted by Crippen LogP contribution is -2.56. The Morgan fingerprint density at radius 1 is 1.39 bits per heavy atom. The highest BCUT2D eigenvalue weighted by molar-refractivity contribution is 5.86. The summed E-state index contributed by atoms with van der Waals surface area (Å²) in [6, 6.07) is 0.599. The number of likely N-dealkylation sites (tertiary alicyclic amines) is 1. The standard InChI is InChI=1S/C16H26FN3O3/c1-14(2,3)8-15(4,5)11(19-13(22)23)12(21)20-7-6-16(17,9-18)10-20/h11,19H,6-8,10H2,1-5H3,(H,22,23)/t11-,16?/m0/s1. The van der Waals surface area contributed by atoms with Gasteiger partial charge in [0.05, 0.1) is 6.54 Å². The third kappa shape index (κ3) is 5.08. The Morgan fingerprint density at radius 2 is 1.96 bits per heavy atom. The van der Waals surface area contributed by atoms with Gasteiger partial charge in [0.2, 0.25) is 11.6 Å². The summed E-state index contributed by atoms with van der Waals surface area (Å²) in [6.07, 6.45) is -0.741. The molecule has 2 atom stereocenters. The minimum absolute atomic E-state index is 0.0469. The van der Waals surface area contributed by atoms with Gasteiger partial charge >= 0.3 is 6.09 Å². The maximum atomic E-state index is 14.1. The molecule has 0 aromatic rings. The van der Waals surface area contributed by atoms with E-state index in [4.69, 9.17) is 10.4 Å². The van der Waals surface area contributed by atoms with E-state index in [9.17, 15) is 14.0 Å². The second-order valence-electron chi connectivity index (χ2n) is 8.20. The van der Waals surface area contributed by atoms with Crippen molar-refractivity contribution in [3.8, 4) is 6.07 Å². The van der Waals surface area contributed by atoms with Gasteiger partial charge in [-0.1, -0.05) is 34.6 Å². The molecule has 0 aliphatic carbocycles. The van der Waals surface area contributed by atoms with Crippen molar-refractivity contribution in [3.63, 3.8) is 0 Å². The molecule has 0 aromatic heterocycles. The van der Waals surface area contributed by atoms with Crippen LogP contribution in [0.15, 0.2) is 0 Å². The first-order chi connectivity index (χ1) is 10.3. The Balaban J connectivity index is 3.01. The summed E-state index contributed by atoms with van der Waals surface area (Å²) in [5, 5.41) is 20.2. The van der Waals surface area contributed by atoms with E-state index in [1.54, 1.807) is 6.07 Å². The summed E-state index contributed by atoms with van der Waals surface area (Å²) >= 11 is 0. The number of carbonyl (C=O) groups is 2. The van der Waals surface area contributed by atoms with Crippen LogP contribution in [-0.2, 0) is 4.79 Å². The maximum Gasteiger partial charge on any atom is 0.405 e. The lowest BCUT2D eigenvalue weighted by Gasteiger charge is -2.39. The van der Waals surface area contributed by atoms with Gasteiger partial charge in [-0.25, -0.2) is 9.18 Å². The SMILES string of the molecule is CC(C)(C)CC(C)(C)[C@@H](NC(=O)O)C(=O)N1CCC(F)(C#N)C1. The highest BCUT2D eigenvalue weighted by Crippen LogP contribution is 2.37. The molecule has 0 spiro atoms. The van der Waals surface area contributed by atoms with Crippen LogP contribution in [0.1, 0.15) is 47.5 Å². The van der Waals surface area contributed by atoms with Crippen molar-refractivity contribution in [1.29, 1.82) is 5.26 Å². The van der Waals surface area contributed by atoms with Gasteiger partial charge in [-0.3, -0.25) is 4.79 Å². The second kappa shape index (κ2) is 6.34. The minimum Gasteiger partial charge on any atom is -0.465 e. The molecule has 0 radical (unpaired) electrons. The number of carboxylic acid groups (broad SMARTS) is 1. The number of nitrogens with one attached hydrogen (secondary N) is 1. The van der Waals surface area contributed by atoms with Gasteiger partial charge in [-0.2, -0.15) is 5.26 Å². The van der Waals surface area contributed by atoms with Gasteiger partial charge < -0.3 is 15.3 Å². The minimum atomic E-state index is -2.04. The summed E-state index contributed by atoms with van der Waals surface area (Å²) in [6.45, 7) is 9.47.